The average molecular weight is 334 g/mol. The Morgan fingerprint density at radius 1 is 1.54 bits per heavy atom. The molecule has 130 valence electrons. The van der Waals surface area contributed by atoms with Crippen molar-refractivity contribution >= 4 is 5.91 Å². The molecule has 2 aromatic rings. The molecule has 0 unspecified atom stereocenters. The number of carbonyl (C=O) groups is 1. The lowest BCUT2D eigenvalue weighted by molar-refractivity contribution is -0.134. The first kappa shape index (κ1) is 16.5. The van der Waals surface area contributed by atoms with Gasteiger partial charge < -0.3 is 23.8 Å². The van der Waals surface area contributed by atoms with Crippen molar-refractivity contribution < 1.29 is 19.2 Å². The lowest BCUT2D eigenvalue weighted by Gasteiger charge is -2.29. The summed E-state index contributed by atoms with van der Waals surface area (Å²) in [5, 5.41) is 14.3. The fraction of sp³-hybridized carbons (Fsp3) is 0.562. The maximum Gasteiger partial charge on any atom is 0.254 e. The maximum atomic E-state index is 12.4. The molecule has 8 nitrogen and oxygen atoms in total. The van der Waals surface area contributed by atoms with Crippen LogP contribution in [0.3, 0.4) is 0 Å². The second-order valence-corrected chi connectivity index (χ2v) is 6.05. The van der Waals surface area contributed by atoms with Crippen LogP contribution in [0.5, 0.6) is 5.88 Å². The van der Waals surface area contributed by atoms with Crippen LogP contribution in [0.2, 0.25) is 0 Å². The van der Waals surface area contributed by atoms with E-state index in [0.717, 1.165) is 12.8 Å². The van der Waals surface area contributed by atoms with Gasteiger partial charge in [-0.25, -0.2) is 4.98 Å². The van der Waals surface area contributed by atoms with Gasteiger partial charge in [0.1, 0.15) is 5.76 Å². The summed E-state index contributed by atoms with van der Waals surface area (Å²) in [4.78, 5) is 18.1. The standard InChI is InChI=1S/C16H22N4O4/c1-19(15(21)6-3-11-9-14(23-2)18-24-11)12-4-5-13(16(12)22)20-8-7-17-10-20/h7-10,12-13,16,22H,3-6H2,1-2H3/t12-,13-,16-/m1/s1. The Hall–Kier alpha value is -2.35. The van der Waals surface area contributed by atoms with Crippen LogP contribution in [0, 0.1) is 0 Å². The number of aryl methyl sites for hydroxylation is 1. The van der Waals surface area contributed by atoms with Crippen LogP contribution < -0.4 is 4.74 Å². The van der Waals surface area contributed by atoms with Crippen LogP contribution in [-0.2, 0) is 11.2 Å². The number of rotatable bonds is 6. The van der Waals surface area contributed by atoms with Crippen LogP contribution in [0.15, 0.2) is 29.3 Å². The normalized spacial score (nSPS) is 23.4. The Morgan fingerprint density at radius 3 is 3.04 bits per heavy atom. The van der Waals surface area contributed by atoms with Crippen molar-refractivity contribution in [2.45, 2.75) is 43.9 Å². The molecule has 1 amide bonds. The smallest absolute Gasteiger partial charge is 0.254 e. The van der Waals surface area contributed by atoms with Crippen molar-refractivity contribution in [3.05, 3.63) is 30.5 Å². The number of ether oxygens (including phenoxy) is 1. The predicted octanol–water partition coefficient (Wildman–Crippen LogP) is 1.04. The zero-order chi connectivity index (χ0) is 17.1. The third-order valence-electron chi connectivity index (χ3n) is 4.68. The topological polar surface area (TPSA) is 93.6 Å². The van der Waals surface area contributed by atoms with Gasteiger partial charge in [-0.2, -0.15) is 0 Å². The van der Waals surface area contributed by atoms with E-state index < -0.39 is 6.10 Å². The molecule has 1 aliphatic carbocycles. The van der Waals surface area contributed by atoms with Crippen LogP contribution in [0.4, 0.5) is 0 Å². The largest absolute Gasteiger partial charge is 0.479 e. The number of likely N-dealkylation sites (N-methyl/N-ethyl adjacent to an activating group) is 1. The summed E-state index contributed by atoms with van der Waals surface area (Å²) in [5.41, 5.74) is 0. The Kier molecular flexibility index (Phi) is 4.84. The lowest BCUT2D eigenvalue weighted by Crippen LogP contribution is -2.43. The number of carbonyl (C=O) groups excluding carboxylic acids is 1. The molecular formula is C16H22N4O4. The van der Waals surface area contributed by atoms with Crippen LogP contribution in [-0.4, -0.2) is 56.9 Å². The predicted molar refractivity (Wildman–Crippen MR) is 84.4 cm³/mol. The highest BCUT2D eigenvalue weighted by atomic mass is 16.5. The molecule has 1 aliphatic rings. The molecule has 2 heterocycles. The fourth-order valence-electron chi connectivity index (χ4n) is 3.25. The highest BCUT2D eigenvalue weighted by Crippen LogP contribution is 2.33. The van der Waals surface area contributed by atoms with Gasteiger partial charge in [-0.05, 0) is 18.0 Å². The Balaban J connectivity index is 1.55. The van der Waals surface area contributed by atoms with Gasteiger partial charge in [0.2, 0.25) is 5.91 Å². The third-order valence-corrected chi connectivity index (χ3v) is 4.68. The molecule has 1 N–H and O–H groups in total. The molecule has 3 atom stereocenters. The van der Waals surface area contributed by atoms with E-state index in [1.165, 1.54) is 7.11 Å². The van der Waals surface area contributed by atoms with E-state index in [9.17, 15) is 9.90 Å². The SMILES string of the molecule is COc1cc(CCC(=O)N(C)[C@@H]2CC[C@@H](n3ccnc3)[C@@H]2O)on1. The number of methoxy groups -OCH3 is 1. The molecule has 2 aromatic heterocycles. The third kappa shape index (κ3) is 3.28. The van der Waals surface area contributed by atoms with E-state index in [1.54, 1.807) is 30.5 Å². The zero-order valence-corrected chi connectivity index (χ0v) is 13.8. The molecule has 0 spiro atoms. The summed E-state index contributed by atoms with van der Waals surface area (Å²) in [7, 11) is 3.26. The van der Waals surface area contributed by atoms with E-state index in [1.807, 2.05) is 10.8 Å². The molecule has 0 radical (unpaired) electrons. The number of hydrogen-bond donors (Lipinski definition) is 1. The van der Waals surface area contributed by atoms with Crippen molar-refractivity contribution in [3.63, 3.8) is 0 Å². The highest BCUT2D eigenvalue weighted by molar-refractivity contribution is 5.76. The summed E-state index contributed by atoms with van der Waals surface area (Å²) in [6, 6.07) is 1.45. The molecule has 0 aliphatic heterocycles. The molecular weight excluding hydrogens is 312 g/mol. The van der Waals surface area contributed by atoms with Crippen LogP contribution >= 0.6 is 0 Å². The van der Waals surface area contributed by atoms with E-state index in [2.05, 4.69) is 10.1 Å². The van der Waals surface area contributed by atoms with Gasteiger partial charge in [0.05, 0.1) is 31.6 Å². The Morgan fingerprint density at radius 2 is 2.38 bits per heavy atom. The lowest BCUT2D eigenvalue weighted by atomic mass is 10.1. The van der Waals surface area contributed by atoms with Crippen molar-refractivity contribution in [1.29, 1.82) is 0 Å². The molecule has 1 fully saturated rings. The number of aliphatic hydroxyl groups excluding tert-OH is 1. The number of nitrogens with zero attached hydrogens (tertiary/aromatic N) is 4. The molecule has 0 aromatic carbocycles. The van der Waals surface area contributed by atoms with Gasteiger partial charge >= 0.3 is 0 Å². The molecule has 1 saturated carbocycles. The minimum Gasteiger partial charge on any atom is -0.479 e. The number of aliphatic hydroxyl groups is 1. The number of aromatic nitrogens is 3. The van der Waals surface area contributed by atoms with Crippen molar-refractivity contribution in [2.24, 2.45) is 0 Å². The van der Waals surface area contributed by atoms with Gasteiger partial charge in [0.15, 0.2) is 0 Å². The number of imidazole rings is 1. The van der Waals surface area contributed by atoms with Gasteiger partial charge in [-0.1, -0.05) is 0 Å². The minimum atomic E-state index is -0.599. The van der Waals surface area contributed by atoms with Crippen LogP contribution in [0.25, 0.3) is 0 Å². The van der Waals surface area contributed by atoms with E-state index in [4.69, 9.17) is 9.26 Å². The summed E-state index contributed by atoms with van der Waals surface area (Å²) >= 11 is 0. The van der Waals surface area contributed by atoms with E-state index in [-0.39, 0.29) is 18.0 Å². The van der Waals surface area contributed by atoms with Gasteiger partial charge in [-0.15, -0.1) is 0 Å². The summed E-state index contributed by atoms with van der Waals surface area (Å²) in [6.07, 6.45) is 6.98. The van der Waals surface area contributed by atoms with Gasteiger partial charge in [0, 0.05) is 38.3 Å². The first-order valence-electron chi connectivity index (χ1n) is 8.01. The average Bonchev–Trinajstić information content (AvgIpc) is 3.32. The van der Waals surface area contributed by atoms with Gasteiger partial charge in [0.25, 0.3) is 5.88 Å². The van der Waals surface area contributed by atoms with Gasteiger partial charge in [-0.3, -0.25) is 4.79 Å². The molecule has 0 bridgehead atoms. The molecule has 24 heavy (non-hydrogen) atoms. The first-order chi connectivity index (χ1) is 11.6. The number of amides is 1. The van der Waals surface area contributed by atoms with Crippen molar-refractivity contribution in [3.8, 4) is 5.88 Å². The Bertz CT molecular complexity index is 669. The number of hydrogen-bond acceptors (Lipinski definition) is 6. The van der Waals surface area contributed by atoms with Crippen molar-refractivity contribution in [1.82, 2.24) is 19.6 Å². The maximum absolute atomic E-state index is 12.4. The zero-order valence-electron chi connectivity index (χ0n) is 13.8. The van der Waals surface area contributed by atoms with Crippen LogP contribution in [0.1, 0.15) is 31.1 Å². The van der Waals surface area contributed by atoms with E-state index >= 15 is 0 Å². The highest BCUT2D eigenvalue weighted by Gasteiger charge is 2.39. The summed E-state index contributed by atoms with van der Waals surface area (Å²) < 4.78 is 12.0. The minimum absolute atomic E-state index is 0.0271. The summed E-state index contributed by atoms with van der Waals surface area (Å²) in [5.74, 6) is 0.984. The second-order valence-electron chi connectivity index (χ2n) is 6.05. The first-order valence-corrected chi connectivity index (χ1v) is 8.01. The molecule has 0 saturated heterocycles. The second kappa shape index (κ2) is 7.04. The summed E-state index contributed by atoms with van der Waals surface area (Å²) in [6.45, 7) is 0. The van der Waals surface area contributed by atoms with E-state index in [0.29, 0.717) is 24.5 Å². The monoisotopic (exact) mass is 334 g/mol. The quantitative estimate of drug-likeness (QED) is 0.848. The van der Waals surface area contributed by atoms with Crippen molar-refractivity contribution in [2.75, 3.05) is 14.2 Å². The fourth-order valence-corrected chi connectivity index (χ4v) is 3.25. The molecule has 3 rings (SSSR count). The molecule has 8 heteroatoms. The Labute approximate surface area is 140 Å².